The maximum Gasteiger partial charge on any atom is 0.234 e. The van der Waals surface area contributed by atoms with Crippen LogP contribution in [0.5, 0.6) is 0 Å². The molecule has 1 heterocycles. The van der Waals surface area contributed by atoms with Gasteiger partial charge in [-0.25, -0.2) is 4.99 Å². The van der Waals surface area contributed by atoms with E-state index in [4.69, 9.17) is 0 Å². The predicted molar refractivity (Wildman–Crippen MR) is 61.3 cm³/mol. The van der Waals surface area contributed by atoms with E-state index in [1.54, 1.807) is 18.3 Å². The van der Waals surface area contributed by atoms with Crippen LogP contribution in [-0.4, -0.2) is 12.2 Å². The number of anilines is 1. The van der Waals surface area contributed by atoms with E-state index in [-0.39, 0.29) is 0 Å². The van der Waals surface area contributed by atoms with Crippen LogP contribution in [0.3, 0.4) is 0 Å². The number of carbonyl (C=O) groups excluding carboxylic acids is 1. The average molecular weight is 210 g/mol. The highest BCUT2D eigenvalue weighted by molar-refractivity contribution is 7.16. The number of aliphatic imine (C=N–C) groups is 1. The number of amides is 1. The second kappa shape index (κ2) is 4.37. The highest BCUT2D eigenvalue weighted by Gasteiger charge is 2.08. The van der Waals surface area contributed by atoms with Gasteiger partial charge in [0.25, 0.3) is 0 Å². The number of nitrogens with zero attached hydrogens (tertiary/aromatic N) is 1. The van der Waals surface area contributed by atoms with Gasteiger partial charge in [-0.1, -0.05) is 0 Å². The molecular formula is C10H14N2OS. The molecule has 0 fully saturated rings. The van der Waals surface area contributed by atoms with Gasteiger partial charge in [-0.3, -0.25) is 4.79 Å². The molecule has 0 unspecified atom stereocenters. The maximum atomic E-state index is 10.1. The normalized spacial score (nSPS) is 11.6. The second-order valence-corrected chi connectivity index (χ2v) is 4.41. The molecule has 0 aliphatic carbocycles. The summed E-state index contributed by atoms with van der Waals surface area (Å²) < 4.78 is 0. The maximum absolute atomic E-state index is 10.1. The fourth-order valence-electron chi connectivity index (χ4n) is 1.14. The summed E-state index contributed by atoms with van der Waals surface area (Å²) in [6, 6.07) is 0. The molecule has 0 spiro atoms. The van der Waals surface area contributed by atoms with Gasteiger partial charge >= 0.3 is 0 Å². The Bertz CT molecular complexity index is 380. The van der Waals surface area contributed by atoms with E-state index in [0.29, 0.717) is 12.2 Å². The Kier molecular flexibility index (Phi) is 3.41. The van der Waals surface area contributed by atoms with Gasteiger partial charge in [0.05, 0.1) is 5.00 Å². The molecule has 1 aromatic heterocycles. The Hall–Kier alpha value is -1.16. The van der Waals surface area contributed by atoms with Gasteiger partial charge in [-0.15, -0.1) is 11.3 Å². The molecule has 14 heavy (non-hydrogen) atoms. The Balaban J connectivity index is 2.92. The van der Waals surface area contributed by atoms with E-state index in [2.05, 4.69) is 31.1 Å². The highest BCUT2D eigenvalue weighted by Crippen LogP contribution is 2.31. The predicted octanol–water partition coefficient (Wildman–Crippen LogP) is 2.66. The summed E-state index contributed by atoms with van der Waals surface area (Å²) >= 11 is 1.69. The van der Waals surface area contributed by atoms with Crippen LogP contribution in [0.15, 0.2) is 4.99 Å². The van der Waals surface area contributed by atoms with Crippen molar-refractivity contribution in [1.29, 1.82) is 0 Å². The molecule has 4 heteroatoms. The van der Waals surface area contributed by atoms with Crippen LogP contribution in [0.1, 0.15) is 22.9 Å². The zero-order valence-corrected chi connectivity index (χ0v) is 9.66. The van der Waals surface area contributed by atoms with E-state index in [0.717, 1.165) is 5.00 Å². The summed E-state index contributed by atoms with van der Waals surface area (Å²) in [5.74, 6) is 0.629. The van der Waals surface area contributed by atoms with Gasteiger partial charge in [0.15, 0.2) is 0 Å². The average Bonchev–Trinajstić information content (AvgIpc) is 2.34. The minimum atomic E-state index is 0.547. The number of thiophene rings is 1. The number of rotatable bonds is 2. The first-order valence-corrected chi connectivity index (χ1v) is 5.19. The van der Waals surface area contributed by atoms with Crippen molar-refractivity contribution in [2.24, 2.45) is 4.99 Å². The van der Waals surface area contributed by atoms with Crippen molar-refractivity contribution < 1.29 is 4.79 Å². The van der Waals surface area contributed by atoms with Crippen molar-refractivity contribution in [3.8, 4) is 0 Å². The van der Waals surface area contributed by atoms with Crippen LogP contribution < -0.4 is 5.32 Å². The van der Waals surface area contributed by atoms with Crippen LogP contribution in [0.2, 0.25) is 0 Å². The SMILES string of the molecule is C/C(=N/C=O)Nc1sc(C)c(C)c1C. The van der Waals surface area contributed by atoms with Gasteiger partial charge in [0, 0.05) is 4.88 Å². The summed E-state index contributed by atoms with van der Waals surface area (Å²) in [7, 11) is 0. The molecule has 0 saturated heterocycles. The van der Waals surface area contributed by atoms with Crippen molar-refractivity contribution >= 4 is 28.6 Å². The molecule has 0 aliphatic heterocycles. The van der Waals surface area contributed by atoms with Crippen molar-refractivity contribution in [3.63, 3.8) is 0 Å². The van der Waals surface area contributed by atoms with Crippen LogP contribution in [0.25, 0.3) is 0 Å². The van der Waals surface area contributed by atoms with Gasteiger partial charge < -0.3 is 5.32 Å². The lowest BCUT2D eigenvalue weighted by Crippen LogP contribution is -2.06. The van der Waals surface area contributed by atoms with E-state index in [1.165, 1.54) is 16.0 Å². The molecule has 0 aromatic carbocycles. The van der Waals surface area contributed by atoms with Gasteiger partial charge in [-0.05, 0) is 38.8 Å². The Morgan fingerprint density at radius 3 is 2.43 bits per heavy atom. The van der Waals surface area contributed by atoms with Crippen LogP contribution >= 0.6 is 11.3 Å². The summed E-state index contributed by atoms with van der Waals surface area (Å²) in [4.78, 5) is 15.1. The third-order valence-electron chi connectivity index (χ3n) is 2.23. The molecule has 0 saturated carbocycles. The zero-order chi connectivity index (χ0) is 10.7. The topological polar surface area (TPSA) is 41.5 Å². The second-order valence-electron chi connectivity index (χ2n) is 3.18. The van der Waals surface area contributed by atoms with E-state index in [9.17, 15) is 4.79 Å². The fourth-order valence-corrected chi connectivity index (χ4v) is 2.25. The number of carbonyl (C=O) groups is 1. The first-order valence-electron chi connectivity index (χ1n) is 4.38. The lowest BCUT2D eigenvalue weighted by molar-refractivity contribution is -0.106. The zero-order valence-electron chi connectivity index (χ0n) is 8.84. The largest absolute Gasteiger partial charge is 0.335 e. The van der Waals surface area contributed by atoms with Gasteiger partial charge in [0.2, 0.25) is 6.41 Å². The number of hydrogen-bond donors (Lipinski definition) is 1. The number of amidine groups is 1. The molecule has 1 aromatic rings. The Labute approximate surface area is 87.9 Å². The van der Waals surface area contributed by atoms with Crippen molar-refractivity contribution in [2.45, 2.75) is 27.7 Å². The Morgan fingerprint density at radius 2 is 2.00 bits per heavy atom. The molecule has 0 bridgehead atoms. The van der Waals surface area contributed by atoms with Crippen molar-refractivity contribution in [1.82, 2.24) is 0 Å². The van der Waals surface area contributed by atoms with Crippen LogP contribution in [0, 0.1) is 20.8 Å². The van der Waals surface area contributed by atoms with Gasteiger partial charge in [0.1, 0.15) is 5.84 Å². The monoisotopic (exact) mass is 210 g/mol. The molecule has 3 nitrogen and oxygen atoms in total. The molecule has 76 valence electrons. The third-order valence-corrected chi connectivity index (χ3v) is 3.45. The molecule has 0 atom stereocenters. The van der Waals surface area contributed by atoms with Crippen molar-refractivity contribution in [3.05, 3.63) is 16.0 Å². The van der Waals surface area contributed by atoms with Crippen molar-refractivity contribution in [2.75, 3.05) is 5.32 Å². The third kappa shape index (κ3) is 2.20. The lowest BCUT2D eigenvalue weighted by Gasteiger charge is -2.02. The van der Waals surface area contributed by atoms with E-state index < -0.39 is 0 Å². The summed E-state index contributed by atoms with van der Waals surface area (Å²) in [6.07, 6.45) is 0.547. The first kappa shape index (κ1) is 10.9. The van der Waals surface area contributed by atoms with Crippen LogP contribution in [0.4, 0.5) is 5.00 Å². The smallest absolute Gasteiger partial charge is 0.234 e. The number of aryl methyl sites for hydroxylation is 1. The highest BCUT2D eigenvalue weighted by atomic mass is 32.1. The fraction of sp³-hybridized carbons (Fsp3) is 0.400. The minimum absolute atomic E-state index is 0.547. The molecule has 0 aliphatic rings. The number of hydrogen-bond acceptors (Lipinski definition) is 2. The first-order chi connectivity index (χ1) is 6.56. The van der Waals surface area contributed by atoms with Crippen LogP contribution in [-0.2, 0) is 4.79 Å². The van der Waals surface area contributed by atoms with E-state index in [1.807, 2.05) is 0 Å². The standard InChI is InChI=1S/C10H14N2OS/c1-6-7(2)10(14-8(6)3)12-9(4)11-5-13/h5H,1-4H3,(H,11,12,13). The molecular weight excluding hydrogens is 196 g/mol. The van der Waals surface area contributed by atoms with Gasteiger partial charge in [-0.2, -0.15) is 0 Å². The quantitative estimate of drug-likeness (QED) is 0.463. The van der Waals surface area contributed by atoms with E-state index >= 15 is 0 Å². The number of nitrogens with one attached hydrogen (secondary N) is 1. The summed E-state index contributed by atoms with van der Waals surface area (Å²) in [5.41, 5.74) is 2.53. The molecule has 0 radical (unpaired) electrons. The molecule has 1 amide bonds. The molecule has 1 rings (SSSR count). The Morgan fingerprint density at radius 1 is 1.36 bits per heavy atom. The summed E-state index contributed by atoms with van der Waals surface area (Å²) in [6.45, 7) is 8.02. The lowest BCUT2D eigenvalue weighted by atomic mass is 10.2. The summed E-state index contributed by atoms with van der Waals surface area (Å²) in [5, 5.41) is 4.18. The molecule has 1 N–H and O–H groups in total. The minimum Gasteiger partial charge on any atom is -0.335 e.